The van der Waals surface area contributed by atoms with Crippen molar-refractivity contribution in [2.24, 2.45) is 0 Å². The van der Waals surface area contributed by atoms with Gasteiger partial charge in [-0.2, -0.15) is 0 Å². The zero-order valence-electron chi connectivity index (χ0n) is 8.78. The maximum atomic E-state index is 13.5. The van der Waals surface area contributed by atoms with Crippen molar-refractivity contribution in [3.8, 4) is 0 Å². The number of carbonyl (C=O) groups is 1. The van der Waals surface area contributed by atoms with Crippen LogP contribution in [0.4, 0.5) is 10.1 Å². The molecule has 4 heteroatoms. The molecule has 0 unspecified atom stereocenters. The second-order valence-corrected chi connectivity index (χ2v) is 4.79. The third-order valence-electron chi connectivity index (χ3n) is 2.38. The van der Waals surface area contributed by atoms with Gasteiger partial charge in [-0.3, -0.25) is 4.79 Å². The molecular weight excluding hydrogens is 332 g/mol. The Morgan fingerprint density at radius 2 is 1.82 bits per heavy atom. The highest BCUT2D eigenvalue weighted by molar-refractivity contribution is 14.1. The molecule has 0 saturated heterocycles. The van der Waals surface area contributed by atoms with Gasteiger partial charge in [-0.05, 0) is 52.9 Å². The highest BCUT2D eigenvalue weighted by atomic mass is 127. The highest BCUT2D eigenvalue weighted by Gasteiger charge is 2.15. The smallest absolute Gasteiger partial charge is 0.198 e. The number of nitrogens with two attached hydrogens (primary N) is 1. The number of hydrogen-bond acceptors (Lipinski definition) is 2. The van der Waals surface area contributed by atoms with Gasteiger partial charge in [0.05, 0.1) is 5.56 Å². The van der Waals surface area contributed by atoms with Crippen molar-refractivity contribution in [2.45, 2.75) is 0 Å². The number of benzene rings is 2. The van der Waals surface area contributed by atoms with Gasteiger partial charge in [0, 0.05) is 14.8 Å². The van der Waals surface area contributed by atoms with Gasteiger partial charge in [0.1, 0.15) is 5.82 Å². The monoisotopic (exact) mass is 341 g/mol. The van der Waals surface area contributed by atoms with Crippen molar-refractivity contribution in [2.75, 3.05) is 5.73 Å². The molecule has 2 nitrogen and oxygen atoms in total. The van der Waals surface area contributed by atoms with Gasteiger partial charge in [-0.15, -0.1) is 0 Å². The predicted octanol–water partition coefficient (Wildman–Crippen LogP) is 3.24. The van der Waals surface area contributed by atoms with Crippen LogP contribution in [0.1, 0.15) is 15.9 Å². The van der Waals surface area contributed by atoms with Gasteiger partial charge in [-0.1, -0.05) is 12.1 Å². The number of nitrogen functional groups attached to an aromatic ring is 1. The first-order chi connectivity index (χ1) is 8.09. The third kappa shape index (κ3) is 2.46. The van der Waals surface area contributed by atoms with Crippen LogP contribution in [0.15, 0.2) is 42.5 Å². The van der Waals surface area contributed by atoms with E-state index in [-0.39, 0.29) is 5.56 Å². The Hall–Kier alpha value is -1.43. The summed E-state index contributed by atoms with van der Waals surface area (Å²) in [6.07, 6.45) is 0. The lowest BCUT2D eigenvalue weighted by atomic mass is 10.0. The van der Waals surface area contributed by atoms with Gasteiger partial charge in [0.25, 0.3) is 0 Å². The van der Waals surface area contributed by atoms with E-state index in [1.54, 1.807) is 30.3 Å². The van der Waals surface area contributed by atoms with Gasteiger partial charge in [-0.25, -0.2) is 4.39 Å². The van der Waals surface area contributed by atoms with Crippen molar-refractivity contribution in [3.63, 3.8) is 0 Å². The maximum Gasteiger partial charge on any atom is 0.198 e. The summed E-state index contributed by atoms with van der Waals surface area (Å²) in [4.78, 5) is 12.1. The molecule has 86 valence electrons. The standard InChI is InChI=1S/C13H9FINO/c14-11-4-2-1-3-9(11)13(17)10-6-5-8(15)7-12(10)16/h1-7H,16H2. The molecule has 0 amide bonds. The SMILES string of the molecule is Nc1cc(I)ccc1C(=O)c1ccccc1F. The van der Waals surface area contributed by atoms with Crippen LogP contribution in [-0.2, 0) is 0 Å². The molecule has 2 aromatic rings. The Labute approximate surface area is 112 Å². The van der Waals surface area contributed by atoms with E-state index < -0.39 is 11.6 Å². The van der Waals surface area contributed by atoms with Crippen LogP contribution in [0, 0.1) is 9.39 Å². The molecule has 0 aromatic heterocycles. The Bertz CT molecular complexity index is 583. The molecule has 0 aliphatic carbocycles. The van der Waals surface area contributed by atoms with Crippen LogP contribution in [0.25, 0.3) is 0 Å². The Balaban J connectivity index is 2.48. The van der Waals surface area contributed by atoms with Gasteiger partial charge >= 0.3 is 0 Å². The summed E-state index contributed by atoms with van der Waals surface area (Å²) in [6.45, 7) is 0. The average Bonchev–Trinajstić information content (AvgIpc) is 2.29. The van der Waals surface area contributed by atoms with Gasteiger partial charge in [0.2, 0.25) is 0 Å². The summed E-state index contributed by atoms with van der Waals surface area (Å²) >= 11 is 2.10. The van der Waals surface area contributed by atoms with Crippen molar-refractivity contribution in [1.29, 1.82) is 0 Å². The Morgan fingerprint density at radius 1 is 1.12 bits per heavy atom. The summed E-state index contributed by atoms with van der Waals surface area (Å²) in [6, 6.07) is 11.0. The molecule has 2 N–H and O–H groups in total. The average molecular weight is 341 g/mol. The molecule has 2 rings (SSSR count). The minimum Gasteiger partial charge on any atom is -0.398 e. The normalized spacial score (nSPS) is 10.2. The summed E-state index contributed by atoms with van der Waals surface area (Å²) in [5.74, 6) is -0.924. The molecule has 0 bridgehead atoms. The number of halogens is 2. The van der Waals surface area contributed by atoms with E-state index in [1.165, 1.54) is 12.1 Å². The minimum absolute atomic E-state index is 0.0420. The van der Waals surface area contributed by atoms with E-state index in [0.717, 1.165) is 3.57 Å². The molecule has 0 aliphatic rings. The molecule has 0 spiro atoms. The van der Waals surface area contributed by atoms with Crippen LogP contribution in [0.2, 0.25) is 0 Å². The maximum absolute atomic E-state index is 13.5. The Kier molecular flexibility index (Phi) is 3.42. The molecule has 0 aliphatic heterocycles. The van der Waals surface area contributed by atoms with E-state index in [9.17, 15) is 9.18 Å². The lowest BCUT2D eigenvalue weighted by Crippen LogP contribution is -2.07. The molecule has 0 atom stereocenters. The first kappa shape index (κ1) is 12.0. The summed E-state index contributed by atoms with van der Waals surface area (Å²) in [5.41, 5.74) is 6.50. The molecule has 0 heterocycles. The van der Waals surface area contributed by atoms with Gasteiger partial charge < -0.3 is 5.73 Å². The van der Waals surface area contributed by atoms with Crippen LogP contribution in [0.3, 0.4) is 0 Å². The van der Waals surface area contributed by atoms with Crippen molar-refractivity contribution in [1.82, 2.24) is 0 Å². The van der Waals surface area contributed by atoms with Crippen LogP contribution in [0.5, 0.6) is 0 Å². The predicted molar refractivity (Wildman–Crippen MR) is 73.4 cm³/mol. The first-order valence-electron chi connectivity index (χ1n) is 4.94. The largest absolute Gasteiger partial charge is 0.398 e. The quantitative estimate of drug-likeness (QED) is 0.518. The fourth-order valence-electron chi connectivity index (χ4n) is 1.53. The van der Waals surface area contributed by atoms with Crippen molar-refractivity contribution >= 4 is 34.1 Å². The molecular formula is C13H9FINO. The van der Waals surface area contributed by atoms with Crippen LogP contribution < -0.4 is 5.73 Å². The summed E-state index contributed by atoms with van der Waals surface area (Å²) in [7, 11) is 0. The lowest BCUT2D eigenvalue weighted by Gasteiger charge is -2.06. The van der Waals surface area contributed by atoms with Crippen molar-refractivity contribution in [3.05, 3.63) is 63.0 Å². The third-order valence-corrected chi connectivity index (χ3v) is 3.05. The van der Waals surface area contributed by atoms with E-state index in [0.29, 0.717) is 11.3 Å². The highest BCUT2D eigenvalue weighted by Crippen LogP contribution is 2.20. The molecule has 17 heavy (non-hydrogen) atoms. The second-order valence-electron chi connectivity index (χ2n) is 3.54. The van der Waals surface area contributed by atoms with E-state index >= 15 is 0 Å². The van der Waals surface area contributed by atoms with E-state index in [2.05, 4.69) is 22.6 Å². The van der Waals surface area contributed by atoms with E-state index in [1.807, 2.05) is 0 Å². The van der Waals surface area contributed by atoms with Crippen LogP contribution in [-0.4, -0.2) is 5.78 Å². The second kappa shape index (κ2) is 4.83. The topological polar surface area (TPSA) is 43.1 Å². The van der Waals surface area contributed by atoms with Crippen molar-refractivity contribution < 1.29 is 9.18 Å². The minimum atomic E-state index is -0.532. The lowest BCUT2D eigenvalue weighted by molar-refractivity contribution is 0.103. The van der Waals surface area contributed by atoms with E-state index in [4.69, 9.17) is 5.73 Å². The number of hydrogen-bond donors (Lipinski definition) is 1. The fourth-order valence-corrected chi connectivity index (χ4v) is 2.05. The fraction of sp³-hybridized carbons (Fsp3) is 0. The van der Waals surface area contributed by atoms with Crippen LogP contribution >= 0.6 is 22.6 Å². The summed E-state index contributed by atoms with van der Waals surface area (Å²) < 4.78 is 14.4. The molecule has 0 saturated carbocycles. The zero-order chi connectivity index (χ0) is 12.4. The number of rotatable bonds is 2. The molecule has 2 aromatic carbocycles. The number of ketones is 1. The zero-order valence-corrected chi connectivity index (χ0v) is 10.9. The summed E-state index contributed by atoms with van der Waals surface area (Å²) in [5, 5.41) is 0. The number of carbonyl (C=O) groups excluding carboxylic acids is 1. The molecule has 0 fully saturated rings. The Morgan fingerprint density at radius 3 is 2.47 bits per heavy atom. The first-order valence-corrected chi connectivity index (χ1v) is 6.01. The van der Waals surface area contributed by atoms with Gasteiger partial charge in [0.15, 0.2) is 5.78 Å². The number of anilines is 1. The molecule has 0 radical (unpaired) electrons.